The summed E-state index contributed by atoms with van der Waals surface area (Å²) in [5, 5.41) is 10.3. The molecule has 0 aliphatic carbocycles. The van der Waals surface area contributed by atoms with Crippen molar-refractivity contribution in [1.82, 2.24) is 15.6 Å². The zero-order chi connectivity index (χ0) is 17.5. The number of aromatic nitrogens is 1. The monoisotopic (exact) mass is 352 g/mol. The summed E-state index contributed by atoms with van der Waals surface area (Å²) in [5.41, 5.74) is 1.23. The average molecular weight is 353 g/mol. The summed E-state index contributed by atoms with van der Waals surface area (Å²) in [7, 11) is 0. The Morgan fingerprint density at radius 1 is 1.08 bits per heavy atom. The van der Waals surface area contributed by atoms with Gasteiger partial charge in [-0.1, -0.05) is 49.4 Å². The van der Waals surface area contributed by atoms with E-state index >= 15 is 0 Å². The van der Waals surface area contributed by atoms with Crippen molar-refractivity contribution >= 4 is 28.1 Å². The summed E-state index contributed by atoms with van der Waals surface area (Å²) in [6, 6.07) is 14.8. The Morgan fingerprint density at radius 2 is 1.92 bits per heavy atom. The van der Waals surface area contributed by atoms with Crippen LogP contribution in [0, 0.1) is 0 Å². The van der Waals surface area contributed by atoms with Crippen LogP contribution in [0.2, 0.25) is 0 Å². The van der Waals surface area contributed by atoms with Gasteiger partial charge in [0, 0.05) is 17.6 Å². The Balaban J connectivity index is 1.70. The molecule has 0 atom stereocenters. The maximum atomic E-state index is 4.75. The highest BCUT2D eigenvalue weighted by atomic mass is 32.1. The van der Waals surface area contributed by atoms with Gasteiger partial charge in [-0.05, 0) is 29.7 Å². The Bertz CT molecular complexity index is 848. The second-order valence-corrected chi connectivity index (χ2v) is 6.96. The Kier molecular flexibility index (Phi) is 6.01. The van der Waals surface area contributed by atoms with Gasteiger partial charge in [0.2, 0.25) is 0 Å². The molecule has 0 aliphatic rings. The van der Waals surface area contributed by atoms with E-state index in [1.165, 1.54) is 21.2 Å². The molecule has 0 saturated carbocycles. The van der Waals surface area contributed by atoms with Crippen LogP contribution in [0.25, 0.3) is 10.8 Å². The van der Waals surface area contributed by atoms with E-state index < -0.39 is 0 Å². The van der Waals surface area contributed by atoms with Crippen LogP contribution in [-0.4, -0.2) is 17.5 Å². The van der Waals surface area contributed by atoms with Gasteiger partial charge in [0.05, 0.1) is 13.1 Å². The highest BCUT2D eigenvalue weighted by molar-refractivity contribution is 7.11. The molecule has 2 N–H and O–H groups in total. The molecule has 0 aliphatic heterocycles. The van der Waals surface area contributed by atoms with Gasteiger partial charge in [0.1, 0.15) is 5.01 Å². The third-order valence-corrected chi connectivity index (χ3v) is 5.13. The van der Waals surface area contributed by atoms with E-state index in [1.54, 1.807) is 11.3 Å². The van der Waals surface area contributed by atoms with Gasteiger partial charge < -0.3 is 10.6 Å². The molecule has 1 heterocycles. The number of hydrogen-bond acceptors (Lipinski definition) is 3. The largest absolute Gasteiger partial charge is 0.357 e. The van der Waals surface area contributed by atoms with Crippen molar-refractivity contribution in [3.05, 3.63) is 64.1 Å². The van der Waals surface area contributed by atoms with Crippen LogP contribution in [0.5, 0.6) is 0 Å². The predicted molar refractivity (Wildman–Crippen MR) is 107 cm³/mol. The van der Waals surface area contributed by atoms with Crippen molar-refractivity contribution in [2.75, 3.05) is 6.54 Å². The Labute approximate surface area is 153 Å². The van der Waals surface area contributed by atoms with Crippen molar-refractivity contribution < 1.29 is 0 Å². The van der Waals surface area contributed by atoms with E-state index in [0.717, 1.165) is 23.9 Å². The van der Waals surface area contributed by atoms with Crippen LogP contribution in [0.4, 0.5) is 0 Å². The topological polar surface area (TPSA) is 49.3 Å². The predicted octanol–water partition coefficient (Wildman–Crippen LogP) is 4.11. The highest BCUT2D eigenvalue weighted by Gasteiger charge is 2.04. The summed E-state index contributed by atoms with van der Waals surface area (Å²) in [5.74, 6) is 0.823. The minimum Gasteiger partial charge on any atom is -0.357 e. The first-order valence-corrected chi connectivity index (χ1v) is 9.54. The first-order valence-electron chi connectivity index (χ1n) is 8.72. The fourth-order valence-corrected chi connectivity index (χ4v) is 3.49. The number of nitrogens with one attached hydrogen (secondary N) is 2. The van der Waals surface area contributed by atoms with E-state index in [-0.39, 0.29) is 0 Å². The molecule has 130 valence electrons. The number of rotatable bonds is 6. The van der Waals surface area contributed by atoms with Crippen LogP contribution >= 0.6 is 11.3 Å². The average Bonchev–Trinajstić information content (AvgIpc) is 3.12. The molecule has 0 saturated heterocycles. The molecule has 0 fully saturated rings. The number of thiazole rings is 1. The van der Waals surface area contributed by atoms with Gasteiger partial charge >= 0.3 is 0 Å². The molecule has 25 heavy (non-hydrogen) atoms. The summed E-state index contributed by atoms with van der Waals surface area (Å²) >= 11 is 1.75. The molecule has 0 unspecified atom stereocenters. The Hall–Kier alpha value is -2.40. The normalized spacial score (nSPS) is 11.7. The minimum atomic E-state index is 0.648. The van der Waals surface area contributed by atoms with Crippen LogP contribution in [0.15, 0.2) is 53.7 Å². The van der Waals surface area contributed by atoms with E-state index in [2.05, 4.69) is 71.9 Å². The van der Waals surface area contributed by atoms with Crippen molar-refractivity contribution in [2.45, 2.75) is 33.4 Å². The second-order valence-electron chi connectivity index (χ2n) is 5.76. The van der Waals surface area contributed by atoms with Crippen LogP contribution in [-0.2, 0) is 19.5 Å². The van der Waals surface area contributed by atoms with Gasteiger partial charge in [0.25, 0.3) is 0 Å². The standard InChI is InChI=1S/C20H24N4S/c1-3-17-13-22-19(25-17)14-24-20(21-4-2)23-12-16-10-7-9-15-8-5-6-11-18(15)16/h5-11,13H,3-4,12,14H2,1-2H3,(H2,21,23,24). The molecule has 0 radical (unpaired) electrons. The Morgan fingerprint density at radius 3 is 2.72 bits per heavy atom. The summed E-state index contributed by atoms with van der Waals surface area (Å²) in [6.07, 6.45) is 2.99. The van der Waals surface area contributed by atoms with Crippen LogP contribution in [0.3, 0.4) is 0 Å². The fourth-order valence-electron chi connectivity index (χ4n) is 2.69. The number of guanidine groups is 1. The number of benzene rings is 2. The zero-order valence-electron chi connectivity index (χ0n) is 14.7. The maximum Gasteiger partial charge on any atom is 0.191 e. The lowest BCUT2D eigenvalue weighted by Gasteiger charge is -2.11. The quantitative estimate of drug-likeness (QED) is 0.518. The van der Waals surface area contributed by atoms with Gasteiger partial charge in [-0.25, -0.2) is 9.98 Å². The van der Waals surface area contributed by atoms with Gasteiger partial charge in [0.15, 0.2) is 5.96 Å². The molecule has 4 nitrogen and oxygen atoms in total. The van der Waals surface area contributed by atoms with E-state index in [1.807, 2.05) is 6.20 Å². The van der Waals surface area contributed by atoms with Gasteiger partial charge in [-0.15, -0.1) is 11.3 Å². The summed E-state index contributed by atoms with van der Waals surface area (Å²) in [6.45, 7) is 6.41. The van der Waals surface area contributed by atoms with E-state index in [9.17, 15) is 0 Å². The van der Waals surface area contributed by atoms with Crippen LogP contribution in [0.1, 0.15) is 29.3 Å². The SMILES string of the molecule is CCNC(=NCc1cccc2ccccc12)NCc1ncc(CC)s1. The number of aryl methyl sites for hydroxylation is 1. The lowest BCUT2D eigenvalue weighted by molar-refractivity contribution is 0.812. The summed E-state index contributed by atoms with van der Waals surface area (Å²) in [4.78, 5) is 10.5. The molecule has 0 amide bonds. The number of fused-ring (bicyclic) bond motifs is 1. The van der Waals surface area contributed by atoms with Gasteiger partial charge in [-0.2, -0.15) is 0 Å². The van der Waals surface area contributed by atoms with Crippen LogP contribution < -0.4 is 10.6 Å². The van der Waals surface area contributed by atoms with Gasteiger partial charge in [-0.3, -0.25) is 0 Å². The number of aliphatic imine (C=N–C) groups is 1. The molecule has 3 aromatic rings. The zero-order valence-corrected chi connectivity index (χ0v) is 15.6. The minimum absolute atomic E-state index is 0.648. The number of hydrogen-bond donors (Lipinski definition) is 2. The molecular formula is C20H24N4S. The number of nitrogens with zero attached hydrogens (tertiary/aromatic N) is 2. The second kappa shape index (κ2) is 8.62. The molecule has 2 aromatic carbocycles. The molecular weight excluding hydrogens is 328 g/mol. The third-order valence-electron chi connectivity index (χ3n) is 3.99. The first-order chi connectivity index (χ1) is 12.3. The van der Waals surface area contributed by atoms with E-state index in [0.29, 0.717) is 13.1 Å². The van der Waals surface area contributed by atoms with Crippen molar-refractivity contribution in [3.8, 4) is 0 Å². The van der Waals surface area contributed by atoms with E-state index in [4.69, 9.17) is 4.99 Å². The lowest BCUT2D eigenvalue weighted by Crippen LogP contribution is -2.36. The third kappa shape index (κ3) is 4.57. The smallest absolute Gasteiger partial charge is 0.191 e. The van der Waals surface area contributed by atoms with Crippen molar-refractivity contribution in [3.63, 3.8) is 0 Å². The fraction of sp³-hybridized carbons (Fsp3) is 0.300. The maximum absolute atomic E-state index is 4.75. The van der Waals surface area contributed by atoms with Crippen molar-refractivity contribution in [1.29, 1.82) is 0 Å². The highest BCUT2D eigenvalue weighted by Crippen LogP contribution is 2.19. The molecule has 5 heteroatoms. The molecule has 0 spiro atoms. The molecule has 0 bridgehead atoms. The first kappa shape index (κ1) is 17.4. The lowest BCUT2D eigenvalue weighted by atomic mass is 10.1. The molecule has 1 aromatic heterocycles. The molecule has 3 rings (SSSR count). The summed E-state index contributed by atoms with van der Waals surface area (Å²) < 4.78 is 0. The van der Waals surface area contributed by atoms with Crippen molar-refractivity contribution in [2.24, 2.45) is 4.99 Å².